The van der Waals surface area contributed by atoms with Crippen LogP contribution in [0, 0.1) is 0 Å². The molecule has 132 valence electrons. The standard InChI is InChI=1S/C18H21N3O3S/c1-2-16(22)19-9-10-20-18(24)13-5-7-14(8-6-13)21-17(23)12-15-4-3-11-25-15/h3-8,11H,2,9-10,12H2,1H3,(H,19,22)(H,20,24)(H,21,23). The molecule has 3 N–H and O–H groups in total. The first-order valence-electron chi connectivity index (χ1n) is 8.05. The van der Waals surface area contributed by atoms with E-state index in [2.05, 4.69) is 16.0 Å². The van der Waals surface area contributed by atoms with Crippen molar-refractivity contribution in [3.63, 3.8) is 0 Å². The van der Waals surface area contributed by atoms with Crippen molar-refractivity contribution in [1.82, 2.24) is 10.6 Å². The third-order valence-electron chi connectivity index (χ3n) is 3.40. The quantitative estimate of drug-likeness (QED) is 0.632. The highest BCUT2D eigenvalue weighted by Crippen LogP contribution is 2.13. The predicted molar refractivity (Wildman–Crippen MR) is 98.7 cm³/mol. The lowest BCUT2D eigenvalue weighted by molar-refractivity contribution is -0.120. The fourth-order valence-electron chi connectivity index (χ4n) is 2.09. The van der Waals surface area contributed by atoms with Gasteiger partial charge in [-0.2, -0.15) is 0 Å². The lowest BCUT2D eigenvalue weighted by atomic mass is 10.2. The van der Waals surface area contributed by atoms with E-state index in [4.69, 9.17) is 0 Å². The van der Waals surface area contributed by atoms with E-state index in [0.717, 1.165) is 4.88 Å². The molecule has 0 aliphatic rings. The molecule has 0 radical (unpaired) electrons. The first kappa shape index (κ1) is 18.7. The van der Waals surface area contributed by atoms with Gasteiger partial charge in [0.15, 0.2) is 0 Å². The molecule has 1 aromatic heterocycles. The van der Waals surface area contributed by atoms with Crippen LogP contribution in [0.3, 0.4) is 0 Å². The molecule has 3 amide bonds. The van der Waals surface area contributed by atoms with E-state index in [0.29, 0.717) is 37.2 Å². The molecule has 6 nitrogen and oxygen atoms in total. The summed E-state index contributed by atoms with van der Waals surface area (Å²) in [4.78, 5) is 36.0. The Morgan fingerprint density at radius 3 is 2.32 bits per heavy atom. The number of hydrogen-bond donors (Lipinski definition) is 3. The van der Waals surface area contributed by atoms with Crippen molar-refractivity contribution in [3.05, 3.63) is 52.2 Å². The maximum atomic E-state index is 12.0. The third kappa shape index (κ3) is 6.39. The van der Waals surface area contributed by atoms with Gasteiger partial charge < -0.3 is 16.0 Å². The number of anilines is 1. The molecule has 0 aliphatic carbocycles. The smallest absolute Gasteiger partial charge is 0.251 e. The lowest BCUT2D eigenvalue weighted by Gasteiger charge is -2.08. The van der Waals surface area contributed by atoms with Gasteiger partial charge in [0.25, 0.3) is 5.91 Å². The van der Waals surface area contributed by atoms with Crippen LogP contribution < -0.4 is 16.0 Å². The summed E-state index contributed by atoms with van der Waals surface area (Å²) in [7, 11) is 0. The number of rotatable bonds is 8. The number of hydrogen-bond acceptors (Lipinski definition) is 4. The zero-order chi connectivity index (χ0) is 18.1. The average molecular weight is 359 g/mol. The maximum Gasteiger partial charge on any atom is 0.251 e. The molecular formula is C18H21N3O3S. The van der Waals surface area contributed by atoms with Gasteiger partial charge in [-0.3, -0.25) is 14.4 Å². The zero-order valence-corrected chi connectivity index (χ0v) is 14.8. The highest BCUT2D eigenvalue weighted by Gasteiger charge is 2.07. The van der Waals surface area contributed by atoms with Crippen LogP contribution >= 0.6 is 11.3 Å². The number of carbonyl (C=O) groups excluding carboxylic acids is 3. The number of nitrogens with one attached hydrogen (secondary N) is 3. The fourth-order valence-corrected chi connectivity index (χ4v) is 2.79. The molecule has 1 aromatic carbocycles. The number of carbonyl (C=O) groups is 3. The van der Waals surface area contributed by atoms with E-state index in [1.807, 2.05) is 17.5 Å². The van der Waals surface area contributed by atoms with E-state index in [1.165, 1.54) is 0 Å². The van der Waals surface area contributed by atoms with Crippen LogP contribution in [0.15, 0.2) is 41.8 Å². The van der Waals surface area contributed by atoms with E-state index < -0.39 is 0 Å². The van der Waals surface area contributed by atoms with Crippen molar-refractivity contribution < 1.29 is 14.4 Å². The Morgan fingerprint density at radius 1 is 0.960 bits per heavy atom. The molecule has 0 bridgehead atoms. The maximum absolute atomic E-state index is 12.0. The molecule has 0 saturated heterocycles. The number of amides is 3. The molecule has 2 rings (SSSR count). The molecule has 0 unspecified atom stereocenters. The Morgan fingerprint density at radius 2 is 1.68 bits per heavy atom. The van der Waals surface area contributed by atoms with Gasteiger partial charge in [0.1, 0.15) is 0 Å². The van der Waals surface area contributed by atoms with Gasteiger partial charge in [-0.1, -0.05) is 13.0 Å². The van der Waals surface area contributed by atoms with Crippen LogP contribution in [0.5, 0.6) is 0 Å². The largest absolute Gasteiger partial charge is 0.354 e. The van der Waals surface area contributed by atoms with Gasteiger partial charge >= 0.3 is 0 Å². The Bertz CT molecular complexity index is 712. The molecule has 25 heavy (non-hydrogen) atoms. The van der Waals surface area contributed by atoms with Gasteiger partial charge in [0, 0.05) is 35.6 Å². The van der Waals surface area contributed by atoms with Crippen molar-refractivity contribution in [2.45, 2.75) is 19.8 Å². The van der Waals surface area contributed by atoms with Crippen molar-refractivity contribution in [2.24, 2.45) is 0 Å². The van der Waals surface area contributed by atoms with Gasteiger partial charge in [-0.25, -0.2) is 0 Å². The van der Waals surface area contributed by atoms with Crippen LogP contribution in [0.2, 0.25) is 0 Å². The summed E-state index contributed by atoms with van der Waals surface area (Å²) in [5, 5.41) is 10.2. The third-order valence-corrected chi connectivity index (χ3v) is 4.28. The van der Waals surface area contributed by atoms with Crippen molar-refractivity contribution in [3.8, 4) is 0 Å². The predicted octanol–water partition coefficient (Wildman–Crippen LogP) is 2.19. The van der Waals surface area contributed by atoms with Crippen LogP contribution in [-0.2, 0) is 16.0 Å². The topological polar surface area (TPSA) is 87.3 Å². The minimum Gasteiger partial charge on any atom is -0.354 e. The summed E-state index contributed by atoms with van der Waals surface area (Å²) in [5.74, 6) is -0.356. The highest BCUT2D eigenvalue weighted by atomic mass is 32.1. The van der Waals surface area contributed by atoms with Gasteiger partial charge in [0.05, 0.1) is 6.42 Å². The highest BCUT2D eigenvalue weighted by molar-refractivity contribution is 7.10. The zero-order valence-electron chi connectivity index (χ0n) is 14.0. The van der Waals surface area contributed by atoms with Crippen LogP contribution in [-0.4, -0.2) is 30.8 Å². The fraction of sp³-hybridized carbons (Fsp3) is 0.278. The summed E-state index contributed by atoms with van der Waals surface area (Å²) < 4.78 is 0. The Hall–Kier alpha value is -2.67. The average Bonchev–Trinajstić information content (AvgIpc) is 3.11. The molecule has 2 aromatic rings. The lowest BCUT2D eigenvalue weighted by Crippen LogP contribution is -2.34. The molecular weight excluding hydrogens is 338 g/mol. The first-order chi connectivity index (χ1) is 12.1. The minimum atomic E-state index is -0.220. The van der Waals surface area contributed by atoms with Crippen LogP contribution in [0.4, 0.5) is 5.69 Å². The van der Waals surface area contributed by atoms with Crippen LogP contribution in [0.25, 0.3) is 0 Å². The van der Waals surface area contributed by atoms with Gasteiger partial charge in [0.2, 0.25) is 11.8 Å². The molecule has 0 atom stereocenters. The summed E-state index contributed by atoms with van der Waals surface area (Å²) in [6.07, 6.45) is 0.761. The second kappa shape index (κ2) is 9.58. The van der Waals surface area contributed by atoms with Gasteiger partial charge in [-0.05, 0) is 35.7 Å². The summed E-state index contributed by atoms with van der Waals surface area (Å²) in [6, 6.07) is 10.5. The molecule has 0 saturated carbocycles. The summed E-state index contributed by atoms with van der Waals surface area (Å²) >= 11 is 1.54. The van der Waals surface area contributed by atoms with Crippen molar-refractivity contribution in [1.29, 1.82) is 0 Å². The van der Waals surface area contributed by atoms with Crippen LogP contribution in [0.1, 0.15) is 28.6 Å². The van der Waals surface area contributed by atoms with E-state index in [1.54, 1.807) is 42.5 Å². The summed E-state index contributed by atoms with van der Waals surface area (Å²) in [5.41, 5.74) is 1.14. The first-order valence-corrected chi connectivity index (χ1v) is 8.93. The molecule has 0 aliphatic heterocycles. The molecule has 0 spiro atoms. The monoisotopic (exact) mass is 359 g/mol. The summed E-state index contributed by atoms with van der Waals surface area (Å²) in [6.45, 7) is 2.54. The molecule has 7 heteroatoms. The van der Waals surface area contributed by atoms with E-state index in [-0.39, 0.29) is 17.7 Å². The minimum absolute atomic E-state index is 0.0445. The Balaban J connectivity index is 1.77. The molecule has 1 heterocycles. The number of thiophene rings is 1. The molecule has 0 fully saturated rings. The number of benzene rings is 1. The second-order valence-electron chi connectivity index (χ2n) is 5.34. The van der Waals surface area contributed by atoms with E-state index >= 15 is 0 Å². The normalized spacial score (nSPS) is 10.1. The Labute approximate surface area is 150 Å². The van der Waals surface area contributed by atoms with E-state index in [9.17, 15) is 14.4 Å². The van der Waals surface area contributed by atoms with Crippen molar-refractivity contribution in [2.75, 3.05) is 18.4 Å². The van der Waals surface area contributed by atoms with Crippen molar-refractivity contribution >= 4 is 34.7 Å². The van der Waals surface area contributed by atoms with Gasteiger partial charge in [-0.15, -0.1) is 11.3 Å². The second-order valence-corrected chi connectivity index (χ2v) is 6.37. The SMILES string of the molecule is CCC(=O)NCCNC(=O)c1ccc(NC(=O)Cc2cccs2)cc1. The Kier molecular flexibility index (Phi) is 7.16.